The number of aromatic nitrogens is 2. The van der Waals surface area contributed by atoms with E-state index in [0.717, 1.165) is 5.65 Å². The van der Waals surface area contributed by atoms with Gasteiger partial charge < -0.3 is 4.40 Å². The fraction of sp³-hybridized carbons (Fsp3) is 0.200. The molecule has 0 atom stereocenters. The van der Waals surface area contributed by atoms with E-state index >= 15 is 0 Å². The molecule has 0 bridgehead atoms. The molecule has 0 aliphatic carbocycles. The second kappa shape index (κ2) is 3.70. The quantitative estimate of drug-likeness (QED) is 0.726. The zero-order valence-electron chi connectivity index (χ0n) is 8.64. The van der Waals surface area contributed by atoms with Crippen molar-refractivity contribution in [3.63, 3.8) is 0 Å². The smallest absolute Gasteiger partial charge is 0.265 e. The van der Waals surface area contributed by atoms with Gasteiger partial charge in [0.15, 0.2) is 0 Å². The van der Waals surface area contributed by atoms with Crippen LogP contribution in [-0.2, 0) is 0 Å². The van der Waals surface area contributed by atoms with E-state index in [1.54, 1.807) is 37.4 Å². The molecule has 78 valence electrons. The Labute approximate surface area is 87.3 Å². The van der Waals surface area contributed by atoms with Gasteiger partial charge in [-0.1, -0.05) is 0 Å². The van der Waals surface area contributed by atoms with Gasteiger partial charge in [-0.2, -0.15) is 0 Å². The summed E-state index contributed by atoms with van der Waals surface area (Å²) in [5.74, 6) is -0.134. The molecule has 0 saturated heterocycles. The van der Waals surface area contributed by atoms with Crippen molar-refractivity contribution in [1.29, 1.82) is 0 Å². The Hall–Kier alpha value is -1.88. The van der Waals surface area contributed by atoms with Gasteiger partial charge >= 0.3 is 0 Å². The number of imidazole rings is 1. The normalized spacial score (nSPS) is 10.9. The van der Waals surface area contributed by atoms with Crippen molar-refractivity contribution < 1.29 is 4.79 Å². The molecule has 0 aromatic carbocycles. The molecule has 1 N–H and O–H groups in total. The molecular weight excluding hydrogens is 192 g/mol. The molecule has 2 rings (SSSR count). The van der Waals surface area contributed by atoms with E-state index in [1.807, 2.05) is 16.8 Å². The van der Waals surface area contributed by atoms with Crippen LogP contribution in [0.5, 0.6) is 0 Å². The number of carbonyl (C=O) groups is 1. The van der Waals surface area contributed by atoms with Crippen LogP contribution in [0.25, 0.3) is 5.65 Å². The van der Waals surface area contributed by atoms with Gasteiger partial charge in [0.1, 0.15) is 5.65 Å². The number of pyridine rings is 1. The highest BCUT2D eigenvalue weighted by Gasteiger charge is 2.06. The van der Waals surface area contributed by atoms with E-state index in [1.165, 1.54) is 0 Å². The van der Waals surface area contributed by atoms with Gasteiger partial charge in [-0.3, -0.25) is 10.2 Å². The first-order valence-corrected chi connectivity index (χ1v) is 4.58. The lowest BCUT2D eigenvalue weighted by molar-refractivity contribution is 0.0857. The monoisotopic (exact) mass is 204 g/mol. The Balaban J connectivity index is 2.31. The Bertz CT molecular complexity index is 489. The maximum Gasteiger partial charge on any atom is 0.265 e. The van der Waals surface area contributed by atoms with Crippen LogP contribution in [0, 0.1) is 0 Å². The second-order valence-electron chi connectivity index (χ2n) is 3.44. The van der Waals surface area contributed by atoms with E-state index in [4.69, 9.17) is 0 Å². The summed E-state index contributed by atoms with van der Waals surface area (Å²) in [6, 6.07) is 3.51. The van der Waals surface area contributed by atoms with Crippen LogP contribution in [-0.4, -0.2) is 34.4 Å². The number of nitrogens with one attached hydrogen (secondary N) is 1. The molecule has 0 unspecified atom stereocenters. The molecule has 0 aliphatic rings. The lowest BCUT2D eigenvalue weighted by atomic mass is 10.2. The van der Waals surface area contributed by atoms with E-state index in [-0.39, 0.29) is 5.91 Å². The molecule has 0 aliphatic heterocycles. The zero-order chi connectivity index (χ0) is 10.8. The number of nitrogens with zero attached hydrogens (tertiary/aromatic N) is 3. The summed E-state index contributed by atoms with van der Waals surface area (Å²) in [7, 11) is 3.54. The van der Waals surface area contributed by atoms with Gasteiger partial charge in [0.05, 0.1) is 0 Å². The van der Waals surface area contributed by atoms with Crippen molar-refractivity contribution in [3.8, 4) is 0 Å². The number of hydrogen-bond acceptors (Lipinski definition) is 3. The summed E-state index contributed by atoms with van der Waals surface area (Å²) in [6.45, 7) is 0. The third kappa shape index (κ3) is 1.97. The average molecular weight is 204 g/mol. The lowest BCUT2D eigenvalue weighted by Crippen LogP contribution is -2.36. The predicted octanol–water partition coefficient (Wildman–Crippen LogP) is 0.541. The van der Waals surface area contributed by atoms with Gasteiger partial charge in [0.25, 0.3) is 5.91 Å². The summed E-state index contributed by atoms with van der Waals surface area (Å²) < 4.78 is 1.85. The molecule has 0 radical (unpaired) electrons. The highest BCUT2D eigenvalue weighted by atomic mass is 16.2. The minimum absolute atomic E-state index is 0.134. The number of fused-ring (bicyclic) bond motifs is 1. The molecule has 0 spiro atoms. The maximum atomic E-state index is 11.6. The number of hydrazine groups is 1. The van der Waals surface area contributed by atoms with Crippen LogP contribution in [0.2, 0.25) is 0 Å². The SMILES string of the molecule is CN(C)NC(=O)c1ccn2ccnc2c1. The fourth-order valence-corrected chi connectivity index (χ4v) is 1.32. The Morgan fingerprint density at radius 2 is 2.27 bits per heavy atom. The molecule has 5 heteroatoms. The van der Waals surface area contributed by atoms with Crippen molar-refractivity contribution in [2.24, 2.45) is 0 Å². The molecule has 0 saturated carbocycles. The zero-order valence-corrected chi connectivity index (χ0v) is 8.64. The Kier molecular flexibility index (Phi) is 2.39. The topological polar surface area (TPSA) is 49.6 Å². The van der Waals surface area contributed by atoms with Crippen LogP contribution in [0.1, 0.15) is 10.4 Å². The standard InChI is InChI=1S/C10H12N4O/c1-13(2)12-10(15)8-3-5-14-6-4-11-9(14)7-8/h3-7H,1-2H3,(H,12,15). The van der Waals surface area contributed by atoms with E-state index in [0.29, 0.717) is 5.56 Å². The van der Waals surface area contributed by atoms with Crippen LogP contribution in [0.3, 0.4) is 0 Å². The highest BCUT2D eigenvalue weighted by molar-refractivity contribution is 5.94. The third-order valence-electron chi connectivity index (χ3n) is 1.99. The van der Waals surface area contributed by atoms with Crippen molar-refractivity contribution in [2.75, 3.05) is 14.1 Å². The maximum absolute atomic E-state index is 11.6. The molecule has 2 aromatic heterocycles. The number of amides is 1. The van der Waals surface area contributed by atoms with Crippen molar-refractivity contribution in [2.45, 2.75) is 0 Å². The number of rotatable bonds is 2. The van der Waals surface area contributed by atoms with Crippen molar-refractivity contribution in [3.05, 3.63) is 36.3 Å². The first kappa shape index (κ1) is 9.67. The number of hydrogen-bond donors (Lipinski definition) is 1. The summed E-state index contributed by atoms with van der Waals surface area (Å²) in [6.07, 6.45) is 5.35. The predicted molar refractivity (Wildman–Crippen MR) is 56.3 cm³/mol. The van der Waals surface area contributed by atoms with Gasteiger partial charge in [0, 0.05) is 38.2 Å². The molecule has 2 aromatic rings. The molecule has 2 heterocycles. The molecule has 1 amide bonds. The van der Waals surface area contributed by atoms with Crippen LogP contribution in [0.4, 0.5) is 0 Å². The lowest BCUT2D eigenvalue weighted by Gasteiger charge is -2.11. The molecule has 0 fully saturated rings. The Morgan fingerprint density at radius 1 is 1.47 bits per heavy atom. The third-order valence-corrected chi connectivity index (χ3v) is 1.99. The van der Waals surface area contributed by atoms with E-state index < -0.39 is 0 Å². The highest BCUT2D eigenvalue weighted by Crippen LogP contribution is 2.05. The van der Waals surface area contributed by atoms with Crippen LogP contribution >= 0.6 is 0 Å². The van der Waals surface area contributed by atoms with Gasteiger partial charge in [-0.05, 0) is 12.1 Å². The first-order valence-electron chi connectivity index (χ1n) is 4.58. The minimum atomic E-state index is -0.134. The van der Waals surface area contributed by atoms with Crippen LogP contribution < -0.4 is 5.43 Å². The van der Waals surface area contributed by atoms with Crippen molar-refractivity contribution >= 4 is 11.6 Å². The summed E-state index contributed by atoms with van der Waals surface area (Å²) in [4.78, 5) is 15.7. The summed E-state index contributed by atoms with van der Waals surface area (Å²) in [5.41, 5.74) is 4.04. The minimum Gasteiger partial charge on any atom is -0.307 e. The Morgan fingerprint density at radius 3 is 3.00 bits per heavy atom. The van der Waals surface area contributed by atoms with Gasteiger partial charge in [0.2, 0.25) is 0 Å². The van der Waals surface area contributed by atoms with E-state index in [9.17, 15) is 4.79 Å². The molecule has 15 heavy (non-hydrogen) atoms. The second-order valence-corrected chi connectivity index (χ2v) is 3.44. The number of carbonyl (C=O) groups excluding carboxylic acids is 1. The summed E-state index contributed by atoms with van der Waals surface area (Å²) in [5, 5.41) is 1.61. The molecule has 5 nitrogen and oxygen atoms in total. The summed E-state index contributed by atoms with van der Waals surface area (Å²) >= 11 is 0. The van der Waals surface area contributed by atoms with Crippen molar-refractivity contribution in [1.82, 2.24) is 19.8 Å². The van der Waals surface area contributed by atoms with Gasteiger partial charge in [-0.15, -0.1) is 0 Å². The first-order chi connectivity index (χ1) is 7.16. The van der Waals surface area contributed by atoms with E-state index in [2.05, 4.69) is 10.4 Å². The average Bonchev–Trinajstić information content (AvgIpc) is 2.62. The molecular formula is C10H12N4O. The largest absolute Gasteiger partial charge is 0.307 e. The fourth-order valence-electron chi connectivity index (χ4n) is 1.32. The van der Waals surface area contributed by atoms with Gasteiger partial charge in [-0.25, -0.2) is 9.99 Å². The van der Waals surface area contributed by atoms with Crippen LogP contribution in [0.15, 0.2) is 30.7 Å².